The number of hydrogen-bond acceptors (Lipinski definition) is 2. The van der Waals surface area contributed by atoms with Crippen LogP contribution < -0.4 is 0 Å². The molecular formula is C20H19N3O. The van der Waals surface area contributed by atoms with Gasteiger partial charge in [-0.05, 0) is 30.5 Å². The first-order valence-corrected chi connectivity index (χ1v) is 8.19. The number of carbonyl (C=O) groups excluding carboxylic acids is 1. The molecule has 1 aliphatic heterocycles. The summed E-state index contributed by atoms with van der Waals surface area (Å²) >= 11 is 0. The molecule has 1 aromatic heterocycles. The molecule has 1 N–H and O–H groups in total. The molecule has 0 saturated heterocycles. The molecule has 0 fully saturated rings. The van der Waals surface area contributed by atoms with E-state index in [-0.39, 0.29) is 5.91 Å². The first-order chi connectivity index (χ1) is 11.7. The SMILES string of the molecule is Cc1ccc(-c2cc(C(=O)N3CCc4ccccc4C3)[nH]n2)cc1. The third-order valence-electron chi connectivity index (χ3n) is 4.57. The number of carbonyl (C=O) groups is 1. The van der Waals surface area contributed by atoms with Gasteiger partial charge >= 0.3 is 0 Å². The predicted octanol–water partition coefficient (Wildman–Crippen LogP) is 3.58. The Hall–Kier alpha value is -2.88. The normalized spacial score (nSPS) is 13.6. The van der Waals surface area contributed by atoms with Gasteiger partial charge in [0.15, 0.2) is 0 Å². The van der Waals surface area contributed by atoms with Crippen LogP contribution in [0.2, 0.25) is 0 Å². The molecule has 3 aromatic rings. The number of nitrogens with zero attached hydrogens (tertiary/aromatic N) is 2. The Balaban J connectivity index is 1.55. The van der Waals surface area contributed by atoms with Crippen molar-refractivity contribution in [1.82, 2.24) is 15.1 Å². The molecule has 0 aliphatic carbocycles. The summed E-state index contributed by atoms with van der Waals surface area (Å²) in [5.41, 5.74) is 6.14. The van der Waals surface area contributed by atoms with E-state index in [0.29, 0.717) is 12.2 Å². The lowest BCUT2D eigenvalue weighted by Crippen LogP contribution is -2.36. The highest BCUT2D eigenvalue weighted by atomic mass is 16.2. The number of rotatable bonds is 2. The van der Waals surface area contributed by atoms with Gasteiger partial charge in [0, 0.05) is 18.7 Å². The topological polar surface area (TPSA) is 49.0 Å². The van der Waals surface area contributed by atoms with E-state index in [9.17, 15) is 4.79 Å². The Kier molecular flexibility index (Phi) is 3.65. The smallest absolute Gasteiger partial charge is 0.272 e. The fraction of sp³-hybridized carbons (Fsp3) is 0.200. The van der Waals surface area contributed by atoms with Crippen LogP contribution in [0.15, 0.2) is 54.6 Å². The second-order valence-corrected chi connectivity index (χ2v) is 6.28. The molecule has 0 radical (unpaired) electrons. The van der Waals surface area contributed by atoms with E-state index in [2.05, 4.69) is 35.3 Å². The highest BCUT2D eigenvalue weighted by molar-refractivity contribution is 5.93. The molecular weight excluding hydrogens is 298 g/mol. The number of aryl methyl sites for hydroxylation is 1. The van der Waals surface area contributed by atoms with Crippen molar-refractivity contribution < 1.29 is 4.79 Å². The summed E-state index contributed by atoms with van der Waals surface area (Å²) in [6.07, 6.45) is 0.904. The summed E-state index contributed by atoms with van der Waals surface area (Å²) < 4.78 is 0. The molecule has 0 bridgehead atoms. The molecule has 0 spiro atoms. The van der Waals surface area contributed by atoms with Gasteiger partial charge in [0.2, 0.25) is 0 Å². The highest BCUT2D eigenvalue weighted by Gasteiger charge is 2.23. The van der Waals surface area contributed by atoms with Crippen LogP contribution in [0.1, 0.15) is 27.2 Å². The van der Waals surface area contributed by atoms with E-state index in [1.54, 1.807) is 0 Å². The Morgan fingerprint density at radius 1 is 1.08 bits per heavy atom. The minimum atomic E-state index is 0.00960. The predicted molar refractivity (Wildman–Crippen MR) is 93.6 cm³/mol. The van der Waals surface area contributed by atoms with Gasteiger partial charge in [-0.25, -0.2) is 0 Å². The molecule has 1 aliphatic rings. The van der Waals surface area contributed by atoms with Crippen LogP contribution in [0.5, 0.6) is 0 Å². The maximum atomic E-state index is 12.8. The Morgan fingerprint density at radius 3 is 2.62 bits per heavy atom. The quantitative estimate of drug-likeness (QED) is 0.785. The molecule has 0 atom stereocenters. The molecule has 2 heterocycles. The van der Waals surface area contributed by atoms with Crippen molar-refractivity contribution in [3.8, 4) is 11.3 Å². The zero-order chi connectivity index (χ0) is 16.5. The average molecular weight is 317 g/mol. The second kappa shape index (κ2) is 5.96. The minimum absolute atomic E-state index is 0.00960. The standard InChI is InChI=1S/C20H19N3O/c1-14-6-8-16(9-7-14)18-12-19(22-21-18)20(24)23-11-10-15-4-2-3-5-17(15)13-23/h2-9,12H,10-11,13H2,1H3,(H,21,22). The lowest BCUT2D eigenvalue weighted by molar-refractivity contribution is 0.0728. The molecule has 1 amide bonds. The molecule has 4 rings (SSSR count). The van der Waals surface area contributed by atoms with Crippen LogP contribution in [0.25, 0.3) is 11.3 Å². The molecule has 4 nitrogen and oxygen atoms in total. The maximum Gasteiger partial charge on any atom is 0.272 e. The third kappa shape index (κ3) is 2.71. The number of hydrogen-bond donors (Lipinski definition) is 1. The van der Waals surface area contributed by atoms with Crippen molar-refractivity contribution in [1.29, 1.82) is 0 Å². The number of H-pyrrole nitrogens is 1. The zero-order valence-electron chi connectivity index (χ0n) is 13.6. The fourth-order valence-electron chi connectivity index (χ4n) is 3.14. The molecule has 120 valence electrons. The van der Waals surface area contributed by atoms with E-state index in [1.807, 2.05) is 41.3 Å². The summed E-state index contributed by atoms with van der Waals surface area (Å²) in [4.78, 5) is 14.6. The fourth-order valence-corrected chi connectivity index (χ4v) is 3.14. The van der Waals surface area contributed by atoms with Crippen molar-refractivity contribution in [3.63, 3.8) is 0 Å². The van der Waals surface area contributed by atoms with Crippen molar-refractivity contribution in [3.05, 3.63) is 77.0 Å². The number of amides is 1. The zero-order valence-corrected chi connectivity index (χ0v) is 13.6. The molecule has 2 aromatic carbocycles. The van der Waals surface area contributed by atoms with Crippen LogP contribution in [-0.2, 0) is 13.0 Å². The number of nitrogens with one attached hydrogen (secondary N) is 1. The largest absolute Gasteiger partial charge is 0.333 e. The van der Waals surface area contributed by atoms with Gasteiger partial charge in [0.25, 0.3) is 5.91 Å². The van der Waals surface area contributed by atoms with Crippen molar-refractivity contribution in [2.24, 2.45) is 0 Å². The van der Waals surface area contributed by atoms with Crippen molar-refractivity contribution in [2.45, 2.75) is 19.9 Å². The van der Waals surface area contributed by atoms with Crippen LogP contribution in [0.3, 0.4) is 0 Å². The van der Waals surface area contributed by atoms with Crippen molar-refractivity contribution >= 4 is 5.91 Å². The van der Waals surface area contributed by atoms with Gasteiger partial charge in [0.05, 0.1) is 5.69 Å². The van der Waals surface area contributed by atoms with Crippen LogP contribution in [-0.4, -0.2) is 27.5 Å². The molecule has 24 heavy (non-hydrogen) atoms. The first kappa shape index (κ1) is 14.7. The summed E-state index contributed by atoms with van der Waals surface area (Å²) in [5.74, 6) is 0.00960. The summed E-state index contributed by atoms with van der Waals surface area (Å²) in [6, 6.07) is 18.3. The van der Waals surface area contributed by atoms with E-state index < -0.39 is 0 Å². The molecule has 4 heteroatoms. The van der Waals surface area contributed by atoms with Crippen LogP contribution >= 0.6 is 0 Å². The van der Waals surface area contributed by atoms with E-state index in [1.165, 1.54) is 16.7 Å². The highest BCUT2D eigenvalue weighted by Crippen LogP contribution is 2.22. The molecule has 0 unspecified atom stereocenters. The Labute approximate surface area is 141 Å². The van der Waals surface area contributed by atoms with Gasteiger partial charge in [0.1, 0.15) is 5.69 Å². The van der Waals surface area contributed by atoms with Gasteiger partial charge in [-0.3, -0.25) is 9.89 Å². The second-order valence-electron chi connectivity index (χ2n) is 6.28. The monoisotopic (exact) mass is 317 g/mol. The summed E-state index contributed by atoms with van der Waals surface area (Å²) in [5, 5.41) is 7.20. The first-order valence-electron chi connectivity index (χ1n) is 8.19. The lowest BCUT2D eigenvalue weighted by atomic mass is 10.00. The van der Waals surface area contributed by atoms with Gasteiger partial charge in [-0.2, -0.15) is 5.10 Å². The van der Waals surface area contributed by atoms with Gasteiger partial charge in [-0.15, -0.1) is 0 Å². The Morgan fingerprint density at radius 2 is 1.83 bits per heavy atom. The Bertz CT molecular complexity index is 880. The van der Waals surface area contributed by atoms with E-state index in [4.69, 9.17) is 0 Å². The summed E-state index contributed by atoms with van der Waals surface area (Å²) in [7, 11) is 0. The van der Waals surface area contributed by atoms with E-state index in [0.717, 1.165) is 24.2 Å². The third-order valence-corrected chi connectivity index (χ3v) is 4.57. The average Bonchev–Trinajstić information content (AvgIpc) is 3.11. The number of fused-ring (bicyclic) bond motifs is 1. The summed E-state index contributed by atoms with van der Waals surface area (Å²) in [6.45, 7) is 3.46. The number of aromatic amines is 1. The minimum Gasteiger partial charge on any atom is -0.333 e. The van der Waals surface area contributed by atoms with Crippen LogP contribution in [0, 0.1) is 6.92 Å². The van der Waals surface area contributed by atoms with Gasteiger partial charge < -0.3 is 4.90 Å². The lowest BCUT2D eigenvalue weighted by Gasteiger charge is -2.28. The van der Waals surface area contributed by atoms with E-state index >= 15 is 0 Å². The maximum absolute atomic E-state index is 12.8. The molecule has 0 saturated carbocycles. The van der Waals surface area contributed by atoms with Crippen LogP contribution in [0.4, 0.5) is 0 Å². The number of aromatic nitrogens is 2. The van der Waals surface area contributed by atoms with Gasteiger partial charge in [-0.1, -0.05) is 54.1 Å². The number of benzene rings is 2. The van der Waals surface area contributed by atoms with Crippen molar-refractivity contribution in [2.75, 3.05) is 6.54 Å².